The van der Waals surface area contributed by atoms with Crippen molar-refractivity contribution < 1.29 is 14.4 Å². The Morgan fingerprint density at radius 2 is 2.00 bits per heavy atom. The normalized spacial score (nSPS) is 12.1. The molecule has 1 atom stereocenters. The number of halogens is 1. The third-order valence-corrected chi connectivity index (χ3v) is 2.68. The Bertz CT molecular complexity index is 475. The smallest absolute Gasteiger partial charge is 0.269 e. The molecule has 7 nitrogen and oxygen atoms in total. The molecule has 5 N–H and O–H groups in total. The van der Waals surface area contributed by atoms with Crippen LogP contribution in [0.15, 0.2) is 36.2 Å². The molecule has 0 aliphatic rings. The predicted octanol–water partition coefficient (Wildman–Crippen LogP) is 1.47. The molecule has 0 fully saturated rings. The number of hydrogen-bond acceptors (Lipinski definition) is 6. The minimum atomic E-state index is -0.842. The molecule has 0 aromatic heterocycles. The molecule has 22 heavy (non-hydrogen) atoms. The van der Waals surface area contributed by atoms with Crippen molar-refractivity contribution in [2.75, 3.05) is 13.3 Å². The summed E-state index contributed by atoms with van der Waals surface area (Å²) < 4.78 is 12.5. The minimum Gasteiger partial charge on any atom is -0.401 e. The molecular weight excluding hydrogens is 291 g/mol. The number of nitro groups is 1. The van der Waals surface area contributed by atoms with Gasteiger partial charge >= 0.3 is 0 Å². The molecule has 0 radical (unpaired) electrons. The van der Waals surface area contributed by atoms with E-state index in [-0.39, 0.29) is 5.69 Å². The number of nitrogens with zero attached hydrogens (tertiary/aromatic N) is 2. The van der Waals surface area contributed by atoms with Crippen molar-refractivity contribution in [2.45, 2.75) is 26.3 Å². The Labute approximate surface area is 129 Å². The lowest BCUT2D eigenvalue weighted by atomic mass is 10.1. The summed E-state index contributed by atoms with van der Waals surface area (Å²) in [7, 11) is 0. The molecule has 0 saturated carbocycles. The van der Waals surface area contributed by atoms with Crippen LogP contribution in [-0.2, 0) is 6.42 Å². The van der Waals surface area contributed by atoms with Crippen LogP contribution in [0, 0.1) is 10.1 Å². The number of allylic oxidation sites excluding steroid dienone is 1. The average molecular weight is 314 g/mol. The fourth-order valence-electron chi connectivity index (χ4n) is 1.54. The van der Waals surface area contributed by atoms with E-state index < -0.39 is 24.2 Å². The van der Waals surface area contributed by atoms with E-state index >= 15 is 0 Å². The van der Waals surface area contributed by atoms with Gasteiger partial charge in [0, 0.05) is 30.5 Å². The molecule has 0 aliphatic carbocycles. The zero-order valence-electron chi connectivity index (χ0n) is 12.8. The van der Waals surface area contributed by atoms with Gasteiger partial charge in [-0.3, -0.25) is 10.1 Å². The van der Waals surface area contributed by atoms with Gasteiger partial charge in [0.2, 0.25) is 0 Å². The minimum absolute atomic E-state index is 0.00507. The Balaban J connectivity index is 0.00000211. The molecule has 1 aromatic carbocycles. The molecule has 0 saturated heterocycles. The molecule has 8 heteroatoms. The van der Waals surface area contributed by atoms with E-state index in [9.17, 15) is 14.5 Å². The highest BCUT2D eigenvalue weighted by Crippen LogP contribution is 2.13. The van der Waals surface area contributed by atoms with E-state index in [2.05, 4.69) is 0 Å². The van der Waals surface area contributed by atoms with E-state index in [0.29, 0.717) is 12.1 Å². The lowest BCUT2D eigenvalue weighted by molar-refractivity contribution is -0.384. The molecule has 0 aliphatic heterocycles. The Hall–Kier alpha value is -2.19. The summed E-state index contributed by atoms with van der Waals surface area (Å²) in [6, 6.07) is 5.07. The van der Waals surface area contributed by atoms with Crippen LogP contribution in [0.25, 0.3) is 0 Å². The van der Waals surface area contributed by atoms with Gasteiger partial charge in [-0.1, -0.05) is 26.0 Å². The molecule has 0 bridgehead atoms. The van der Waals surface area contributed by atoms with Crippen LogP contribution in [0.5, 0.6) is 0 Å². The summed E-state index contributed by atoms with van der Waals surface area (Å²) in [5, 5.41) is 20.4. The van der Waals surface area contributed by atoms with Gasteiger partial charge in [0.1, 0.15) is 6.67 Å². The highest BCUT2D eigenvalue weighted by molar-refractivity contribution is 5.34. The van der Waals surface area contributed by atoms with Crippen molar-refractivity contribution in [1.29, 1.82) is 0 Å². The number of benzene rings is 1. The second-order valence-electron chi connectivity index (χ2n) is 4.24. The van der Waals surface area contributed by atoms with E-state index in [0.717, 1.165) is 10.6 Å². The number of rotatable bonds is 7. The van der Waals surface area contributed by atoms with Crippen LogP contribution >= 0.6 is 0 Å². The third-order valence-electron chi connectivity index (χ3n) is 2.68. The van der Waals surface area contributed by atoms with Crippen LogP contribution in [0.2, 0.25) is 0 Å². The highest BCUT2D eigenvalue weighted by Gasteiger charge is 2.11. The van der Waals surface area contributed by atoms with Crippen molar-refractivity contribution in [3.8, 4) is 0 Å². The molecule has 124 valence electrons. The van der Waals surface area contributed by atoms with Gasteiger partial charge < -0.3 is 15.8 Å². The van der Waals surface area contributed by atoms with Gasteiger partial charge in [-0.25, -0.2) is 10.2 Å². The molecule has 0 amide bonds. The summed E-state index contributed by atoms with van der Waals surface area (Å²) in [5.41, 5.74) is 6.87. The number of aliphatic hydroxyl groups excluding tert-OH is 1. The standard InChI is InChI=1S/C12H17FN4O3.C2H6/c13-6-12(8-18)16(15)7-10(14)5-9-1-3-11(4-2-9)17(19)20;1-2/h1-4,7,12,18H,5-6,8,14-15H2;1-2H3/b10-7-;. The number of nitro benzene ring substituents is 1. The maximum atomic E-state index is 12.5. The summed E-state index contributed by atoms with van der Waals surface area (Å²) in [4.78, 5) is 10.0. The molecule has 0 spiro atoms. The molecular formula is C14H23FN4O3. The number of non-ortho nitro benzene ring substituents is 1. The van der Waals surface area contributed by atoms with Crippen molar-refractivity contribution in [3.05, 3.63) is 51.8 Å². The Kier molecular flexibility index (Phi) is 9.48. The first-order valence-electron chi connectivity index (χ1n) is 6.87. The number of nitrogens with two attached hydrogens (primary N) is 2. The summed E-state index contributed by atoms with van der Waals surface area (Å²) >= 11 is 0. The lowest BCUT2D eigenvalue weighted by Gasteiger charge is -2.22. The maximum Gasteiger partial charge on any atom is 0.269 e. The first-order valence-corrected chi connectivity index (χ1v) is 6.87. The van der Waals surface area contributed by atoms with E-state index in [1.54, 1.807) is 12.1 Å². The van der Waals surface area contributed by atoms with E-state index in [1.807, 2.05) is 13.8 Å². The number of hydrogen-bond donors (Lipinski definition) is 3. The first kappa shape index (κ1) is 19.8. The second kappa shape index (κ2) is 10.5. The van der Waals surface area contributed by atoms with Crippen molar-refractivity contribution >= 4 is 5.69 Å². The van der Waals surface area contributed by atoms with Gasteiger partial charge in [0.15, 0.2) is 0 Å². The topological polar surface area (TPSA) is 119 Å². The summed E-state index contributed by atoms with van der Waals surface area (Å²) in [6.45, 7) is 2.78. The molecule has 1 aromatic rings. The monoisotopic (exact) mass is 314 g/mol. The number of aliphatic hydroxyl groups is 1. The van der Waals surface area contributed by atoms with Crippen LogP contribution in [0.1, 0.15) is 19.4 Å². The molecule has 1 rings (SSSR count). The largest absolute Gasteiger partial charge is 0.401 e. The van der Waals surface area contributed by atoms with Crippen molar-refractivity contribution in [2.24, 2.45) is 11.6 Å². The SMILES string of the molecule is CC.N/C(=C\N(N)C(CO)CF)Cc1ccc([N+](=O)[O-])cc1. The Morgan fingerprint density at radius 3 is 2.41 bits per heavy atom. The van der Waals surface area contributed by atoms with Crippen LogP contribution in [0.4, 0.5) is 10.1 Å². The first-order chi connectivity index (χ1) is 10.5. The number of alkyl halides is 1. The second-order valence-corrected chi connectivity index (χ2v) is 4.24. The fourth-order valence-corrected chi connectivity index (χ4v) is 1.54. The summed E-state index contributed by atoms with van der Waals surface area (Å²) in [5.74, 6) is 5.55. The van der Waals surface area contributed by atoms with Gasteiger partial charge in [-0.05, 0) is 5.56 Å². The quantitative estimate of drug-likeness (QED) is 0.398. The fraction of sp³-hybridized carbons (Fsp3) is 0.429. The van der Waals surface area contributed by atoms with Crippen molar-refractivity contribution in [1.82, 2.24) is 5.01 Å². The highest BCUT2D eigenvalue weighted by atomic mass is 19.1. The average Bonchev–Trinajstić information content (AvgIpc) is 2.50. The van der Waals surface area contributed by atoms with E-state index in [4.69, 9.17) is 16.7 Å². The summed E-state index contributed by atoms with van der Waals surface area (Å²) in [6.07, 6.45) is 1.65. The molecule has 0 heterocycles. The van der Waals surface area contributed by atoms with Gasteiger partial charge in [-0.15, -0.1) is 0 Å². The van der Waals surface area contributed by atoms with Crippen molar-refractivity contribution in [3.63, 3.8) is 0 Å². The van der Waals surface area contributed by atoms with Gasteiger partial charge in [0.05, 0.1) is 17.6 Å². The van der Waals surface area contributed by atoms with E-state index in [1.165, 1.54) is 18.3 Å². The third kappa shape index (κ3) is 6.51. The zero-order chi connectivity index (χ0) is 17.1. The lowest BCUT2D eigenvalue weighted by Crippen LogP contribution is -2.41. The Morgan fingerprint density at radius 1 is 1.45 bits per heavy atom. The maximum absolute atomic E-state index is 12.5. The van der Waals surface area contributed by atoms with Gasteiger partial charge in [-0.2, -0.15) is 0 Å². The number of hydrazine groups is 1. The molecule has 1 unspecified atom stereocenters. The van der Waals surface area contributed by atoms with Crippen LogP contribution in [0.3, 0.4) is 0 Å². The van der Waals surface area contributed by atoms with Crippen LogP contribution < -0.4 is 11.6 Å². The predicted molar refractivity (Wildman–Crippen MR) is 83.3 cm³/mol. The van der Waals surface area contributed by atoms with Crippen LogP contribution in [-0.4, -0.2) is 34.4 Å². The zero-order valence-corrected chi connectivity index (χ0v) is 12.8. The van der Waals surface area contributed by atoms with Gasteiger partial charge in [0.25, 0.3) is 5.69 Å².